The lowest BCUT2D eigenvalue weighted by Crippen LogP contribution is -2.44. The normalized spacial score (nSPS) is 12.8. The summed E-state index contributed by atoms with van der Waals surface area (Å²) >= 11 is 0. The molecular formula is C33H65NO6. The molecule has 0 aromatic rings. The van der Waals surface area contributed by atoms with Crippen molar-refractivity contribution in [3.05, 3.63) is 0 Å². The first-order valence-corrected chi connectivity index (χ1v) is 16.9. The van der Waals surface area contributed by atoms with E-state index < -0.39 is 12.3 Å². The van der Waals surface area contributed by atoms with E-state index in [-0.39, 0.29) is 31.8 Å². The first-order chi connectivity index (χ1) is 19.5. The maximum atomic E-state index is 12.4. The summed E-state index contributed by atoms with van der Waals surface area (Å²) in [5.41, 5.74) is 6.01. The van der Waals surface area contributed by atoms with Gasteiger partial charge in [0.1, 0.15) is 12.8 Å². The van der Waals surface area contributed by atoms with Crippen molar-refractivity contribution in [3.63, 3.8) is 0 Å². The van der Waals surface area contributed by atoms with E-state index in [1.807, 2.05) is 0 Å². The van der Waals surface area contributed by atoms with E-state index in [1.165, 1.54) is 103 Å². The second kappa shape index (κ2) is 30.8. The summed E-state index contributed by atoms with van der Waals surface area (Å²) in [7, 11) is 0. The van der Waals surface area contributed by atoms with Gasteiger partial charge < -0.3 is 25.1 Å². The summed E-state index contributed by atoms with van der Waals surface area (Å²) in [5.74, 6) is -0.665. The van der Waals surface area contributed by atoms with Crippen LogP contribution in [-0.2, 0) is 23.8 Å². The van der Waals surface area contributed by atoms with Crippen LogP contribution in [0, 0.1) is 0 Å². The number of rotatable bonds is 31. The Bertz CT molecular complexity index is 559. The molecule has 7 nitrogen and oxygen atoms in total. The average Bonchev–Trinajstić information content (AvgIpc) is 2.95. The molecule has 0 aromatic carbocycles. The van der Waals surface area contributed by atoms with Gasteiger partial charge >= 0.3 is 11.9 Å². The Morgan fingerprint density at radius 1 is 0.600 bits per heavy atom. The lowest BCUT2D eigenvalue weighted by molar-refractivity contribution is -0.169. The average molecular weight is 572 g/mol. The molecule has 0 amide bonds. The summed E-state index contributed by atoms with van der Waals surface area (Å²) in [5, 5.41) is 9.02. The minimum atomic E-state index is -0.955. The number of unbranched alkanes of at least 4 members (excludes halogenated alkanes) is 20. The van der Waals surface area contributed by atoms with Crippen LogP contribution in [0.3, 0.4) is 0 Å². The van der Waals surface area contributed by atoms with Crippen LogP contribution in [0.15, 0.2) is 0 Å². The van der Waals surface area contributed by atoms with E-state index in [0.717, 1.165) is 38.5 Å². The number of ether oxygens (including phenoxy) is 3. The van der Waals surface area contributed by atoms with E-state index in [4.69, 9.17) is 25.1 Å². The highest BCUT2D eigenvalue weighted by Crippen LogP contribution is 2.14. The molecule has 0 fully saturated rings. The van der Waals surface area contributed by atoms with Gasteiger partial charge in [-0.15, -0.1) is 0 Å². The van der Waals surface area contributed by atoms with Crippen LogP contribution in [0.25, 0.3) is 0 Å². The second-order valence-electron chi connectivity index (χ2n) is 11.3. The molecule has 2 atom stereocenters. The largest absolute Gasteiger partial charge is 0.462 e. The number of carbonyl (C=O) groups excluding carboxylic acids is 2. The molecular weight excluding hydrogens is 506 g/mol. The first-order valence-electron chi connectivity index (χ1n) is 16.9. The third-order valence-corrected chi connectivity index (χ3v) is 7.43. The number of aliphatic hydroxyl groups excluding tert-OH is 1. The number of hydrogen-bond donors (Lipinski definition) is 2. The van der Waals surface area contributed by atoms with Gasteiger partial charge in [0.2, 0.25) is 0 Å². The van der Waals surface area contributed by atoms with E-state index in [9.17, 15) is 9.59 Å². The fourth-order valence-electron chi connectivity index (χ4n) is 4.83. The van der Waals surface area contributed by atoms with Gasteiger partial charge in [0.05, 0.1) is 13.2 Å². The zero-order chi connectivity index (χ0) is 29.5. The molecule has 0 aliphatic heterocycles. The van der Waals surface area contributed by atoms with Gasteiger partial charge in [0, 0.05) is 12.8 Å². The molecule has 0 rings (SSSR count). The molecule has 0 heterocycles. The first kappa shape index (κ1) is 38.8. The Morgan fingerprint density at radius 2 is 0.975 bits per heavy atom. The molecule has 0 aromatic heterocycles. The molecule has 0 spiro atoms. The smallest absolute Gasteiger partial charge is 0.306 e. The van der Waals surface area contributed by atoms with Crippen LogP contribution in [0.2, 0.25) is 0 Å². The topological polar surface area (TPSA) is 108 Å². The quantitative estimate of drug-likeness (QED) is 0.0491. The fraction of sp³-hybridized carbons (Fsp3) is 0.939. The van der Waals surface area contributed by atoms with Crippen molar-refractivity contribution in [1.82, 2.24) is 0 Å². The zero-order valence-corrected chi connectivity index (χ0v) is 26.3. The van der Waals surface area contributed by atoms with Gasteiger partial charge in [-0.25, -0.2) is 0 Å². The molecule has 238 valence electrons. The van der Waals surface area contributed by atoms with Crippen molar-refractivity contribution >= 4 is 11.9 Å². The number of hydrogen-bond acceptors (Lipinski definition) is 7. The highest BCUT2D eigenvalue weighted by molar-refractivity contribution is 5.70. The molecule has 0 aliphatic carbocycles. The Labute approximate surface area is 246 Å². The van der Waals surface area contributed by atoms with E-state index >= 15 is 0 Å². The van der Waals surface area contributed by atoms with Gasteiger partial charge in [0.15, 0.2) is 6.10 Å². The van der Waals surface area contributed by atoms with E-state index in [2.05, 4.69) is 13.8 Å². The summed E-state index contributed by atoms with van der Waals surface area (Å²) in [4.78, 5) is 24.6. The molecule has 3 N–H and O–H groups in total. The second-order valence-corrected chi connectivity index (χ2v) is 11.3. The van der Waals surface area contributed by atoms with Gasteiger partial charge in [-0.05, 0) is 12.8 Å². The predicted octanol–water partition coefficient (Wildman–Crippen LogP) is 8.14. The third kappa shape index (κ3) is 27.0. The van der Waals surface area contributed by atoms with E-state index in [0.29, 0.717) is 12.8 Å². The lowest BCUT2D eigenvalue weighted by Gasteiger charge is -2.24. The maximum Gasteiger partial charge on any atom is 0.306 e. The Kier molecular flexibility index (Phi) is 29.9. The molecule has 40 heavy (non-hydrogen) atoms. The van der Waals surface area contributed by atoms with Crippen LogP contribution >= 0.6 is 0 Å². The Morgan fingerprint density at radius 3 is 1.38 bits per heavy atom. The fourth-order valence-corrected chi connectivity index (χ4v) is 4.83. The number of nitrogens with two attached hydrogens (primary N) is 1. The molecule has 0 aliphatic rings. The third-order valence-electron chi connectivity index (χ3n) is 7.43. The Hall–Kier alpha value is -1.18. The van der Waals surface area contributed by atoms with Gasteiger partial charge in [-0.2, -0.15) is 0 Å². The monoisotopic (exact) mass is 571 g/mol. The summed E-state index contributed by atoms with van der Waals surface area (Å²) in [6, 6.07) is 0. The molecule has 7 heteroatoms. The lowest BCUT2D eigenvalue weighted by atomic mass is 10.1. The van der Waals surface area contributed by atoms with Gasteiger partial charge in [-0.3, -0.25) is 9.59 Å². The van der Waals surface area contributed by atoms with Gasteiger partial charge in [0.25, 0.3) is 0 Å². The zero-order valence-electron chi connectivity index (χ0n) is 26.3. The Balaban J connectivity index is 4.02. The van der Waals surface area contributed by atoms with Crippen LogP contribution in [0.1, 0.15) is 168 Å². The molecule has 0 saturated carbocycles. The van der Waals surface area contributed by atoms with Crippen molar-refractivity contribution in [1.29, 1.82) is 0 Å². The van der Waals surface area contributed by atoms with Crippen LogP contribution in [0.5, 0.6) is 0 Å². The summed E-state index contributed by atoms with van der Waals surface area (Å²) in [6.45, 7) is 4.19. The molecule has 2 unspecified atom stereocenters. The minimum Gasteiger partial charge on any atom is -0.462 e. The van der Waals surface area contributed by atoms with Crippen molar-refractivity contribution < 1.29 is 28.9 Å². The standard InChI is InChI=1S/C33H65NO6/c1-3-5-7-9-11-13-15-17-19-21-23-25-31(36)39-29-30(33(34)38-28-27-35)40-32(37)26-24-22-20-18-16-14-12-10-8-6-4-2/h30,33,35H,3-29,34H2,1-2H3. The van der Waals surface area contributed by atoms with Crippen LogP contribution in [0.4, 0.5) is 0 Å². The molecule has 0 radical (unpaired) electrons. The van der Waals surface area contributed by atoms with Crippen LogP contribution in [-0.4, -0.2) is 49.2 Å². The van der Waals surface area contributed by atoms with Crippen LogP contribution < -0.4 is 5.73 Å². The van der Waals surface area contributed by atoms with Crippen molar-refractivity contribution in [2.24, 2.45) is 5.73 Å². The molecule has 0 bridgehead atoms. The number of carbonyl (C=O) groups is 2. The highest BCUT2D eigenvalue weighted by Gasteiger charge is 2.24. The number of esters is 2. The summed E-state index contributed by atoms with van der Waals surface area (Å²) < 4.78 is 16.2. The van der Waals surface area contributed by atoms with Crippen molar-refractivity contribution in [2.45, 2.75) is 180 Å². The van der Waals surface area contributed by atoms with Gasteiger partial charge in [-0.1, -0.05) is 142 Å². The summed E-state index contributed by atoms with van der Waals surface area (Å²) in [6.07, 6.45) is 25.6. The SMILES string of the molecule is CCCCCCCCCCCCCC(=O)OCC(OC(=O)CCCCCCCCCCCCC)C(N)OCCO. The van der Waals surface area contributed by atoms with Crippen molar-refractivity contribution in [2.75, 3.05) is 19.8 Å². The van der Waals surface area contributed by atoms with Crippen molar-refractivity contribution in [3.8, 4) is 0 Å². The van der Waals surface area contributed by atoms with E-state index in [1.54, 1.807) is 0 Å². The number of aliphatic hydroxyl groups is 1. The minimum absolute atomic E-state index is 0.0283. The molecule has 0 saturated heterocycles. The maximum absolute atomic E-state index is 12.4. The predicted molar refractivity (Wildman–Crippen MR) is 164 cm³/mol. The highest BCUT2D eigenvalue weighted by atomic mass is 16.6.